The molecule has 142 valence electrons. The smallest absolute Gasteiger partial charge is 0.274 e. The number of thiophene rings is 1. The SMILES string of the molecule is COc1ccccc1N(CC(=O)NC(C)C(C)C)S(=O)(=O)c1cccs1. The molecule has 2 aromatic rings. The highest BCUT2D eigenvalue weighted by Crippen LogP contribution is 2.33. The Bertz CT molecular complexity index is 833. The zero-order valence-electron chi connectivity index (χ0n) is 15.3. The summed E-state index contributed by atoms with van der Waals surface area (Å²) in [5, 5.41) is 4.54. The number of nitrogens with one attached hydrogen (secondary N) is 1. The molecular formula is C18H24N2O4S2. The molecule has 0 fully saturated rings. The minimum atomic E-state index is -3.88. The van der Waals surface area contributed by atoms with Crippen LogP contribution in [0.3, 0.4) is 0 Å². The molecule has 0 saturated carbocycles. The third kappa shape index (κ3) is 4.56. The normalized spacial score (nSPS) is 12.7. The van der Waals surface area contributed by atoms with Crippen molar-refractivity contribution in [3.63, 3.8) is 0 Å². The van der Waals surface area contributed by atoms with Crippen LogP contribution in [0.25, 0.3) is 0 Å². The second-order valence-corrected chi connectivity index (χ2v) is 9.25. The summed E-state index contributed by atoms with van der Waals surface area (Å²) >= 11 is 1.11. The summed E-state index contributed by atoms with van der Waals surface area (Å²) in [6.45, 7) is 5.55. The van der Waals surface area contributed by atoms with Crippen molar-refractivity contribution < 1.29 is 17.9 Å². The van der Waals surface area contributed by atoms with Gasteiger partial charge in [0.2, 0.25) is 5.91 Å². The Balaban J connectivity index is 2.41. The summed E-state index contributed by atoms with van der Waals surface area (Å²) in [7, 11) is -2.42. The Labute approximate surface area is 158 Å². The Morgan fingerprint density at radius 2 is 1.88 bits per heavy atom. The molecule has 8 heteroatoms. The van der Waals surface area contributed by atoms with E-state index >= 15 is 0 Å². The Morgan fingerprint density at radius 1 is 1.19 bits per heavy atom. The van der Waals surface area contributed by atoms with Crippen LogP contribution in [-0.4, -0.2) is 34.0 Å². The van der Waals surface area contributed by atoms with Gasteiger partial charge in [0.25, 0.3) is 10.0 Å². The van der Waals surface area contributed by atoms with Gasteiger partial charge in [-0.05, 0) is 36.4 Å². The number of carbonyl (C=O) groups excluding carboxylic acids is 1. The van der Waals surface area contributed by atoms with Crippen LogP contribution >= 0.6 is 11.3 Å². The molecule has 1 aromatic heterocycles. The first-order chi connectivity index (χ1) is 12.3. The standard InChI is InChI=1S/C18H24N2O4S2/c1-13(2)14(3)19-17(21)12-20(15-8-5-6-9-16(15)24-4)26(22,23)18-10-7-11-25-18/h5-11,13-14H,12H2,1-4H3,(H,19,21). The Kier molecular flexibility index (Phi) is 6.66. The Hall–Kier alpha value is -2.06. The lowest BCUT2D eigenvalue weighted by Gasteiger charge is -2.26. The lowest BCUT2D eigenvalue weighted by molar-refractivity contribution is -0.120. The average molecular weight is 397 g/mol. The van der Waals surface area contributed by atoms with Gasteiger partial charge < -0.3 is 10.1 Å². The van der Waals surface area contributed by atoms with E-state index in [4.69, 9.17) is 4.74 Å². The van der Waals surface area contributed by atoms with Crippen molar-refractivity contribution in [2.45, 2.75) is 31.0 Å². The van der Waals surface area contributed by atoms with Gasteiger partial charge in [-0.3, -0.25) is 9.10 Å². The molecule has 0 aliphatic rings. The summed E-state index contributed by atoms with van der Waals surface area (Å²) < 4.78 is 32.8. The lowest BCUT2D eigenvalue weighted by atomic mass is 10.1. The van der Waals surface area contributed by atoms with Crippen LogP contribution in [0.15, 0.2) is 46.0 Å². The van der Waals surface area contributed by atoms with Crippen LogP contribution in [0.5, 0.6) is 5.75 Å². The van der Waals surface area contributed by atoms with Gasteiger partial charge in [0.05, 0.1) is 12.8 Å². The summed E-state index contributed by atoms with van der Waals surface area (Å²) in [4.78, 5) is 12.5. The number of methoxy groups -OCH3 is 1. The number of amides is 1. The van der Waals surface area contributed by atoms with E-state index in [0.29, 0.717) is 11.4 Å². The molecule has 0 spiro atoms. The first-order valence-corrected chi connectivity index (χ1v) is 10.6. The van der Waals surface area contributed by atoms with Gasteiger partial charge >= 0.3 is 0 Å². The number of sulfonamides is 1. The fraction of sp³-hybridized carbons (Fsp3) is 0.389. The average Bonchev–Trinajstić information content (AvgIpc) is 3.15. The van der Waals surface area contributed by atoms with E-state index in [2.05, 4.69) is 5.32 Å². The van der Waals surface area contributed by atoms with Crippen LogP contribution in [0.4, 0.5) is 5.69 Å². The maximum absolute atomic E-state index is 13.1. The lowest BCUT2D eigenvalue weighted by Crippen LogP contribution is -2.44. The highest BCUT2D eigenvalue weighted by Gasteiger charge is 2.30. The van der Waals surface area contributed by atoms with Gasteiger partial charge in [0.1, 0.15) is 16.5 Å². The molecule has 1 unspecified atom stereocenters. The summed E-state index contributed by atoms with van der Waals surface area (Å²) in [5.41, 5.74) is 0.329. The van der Waals surface area contributed by atoms with Crippen molar-refractivity contribution in [3.8, 4) is 5.75 Å². The van der Waals surface area contributed by atoms with Gasteiger partial charge in [-0.25, -0.2) is 8.42 Å². The highest BCUT2D eigenvalue weighted by atomic mass is 32.2. The minimum absolute atomic E-state index is 0.0635. The van der Waals surface area contributed by atoms with Crippen molar-refractivity contribution in [1.29, 1.82) is 0 Å². The number of hydrogen-bond donors (Lipinski definition) is 1. The van der Waals surface area contributed by atoms with E-state index in [0.717, 1.165) is 15.6 Å². The number of anilines is 1. The highest BCUT2D eigenvalue weighted by molar-refractivity contribution is 7.94. The van der Waals surface area contributed by atoms with Crippen LogP contribution in [0, 0.1) is 5.92 Å². The number of benzene rings is 1. The molecule has 0 saturated heterocycles. The minimum Gasteiger partial charge on any atom is -0.495 e. The number of hydrogen-bond acceptors (Lipinski definition) is 5. The summed E-state index contributed by atoms with van der Waals surface area (Å²) in [5.74, 6) is 0.266. The third-order valence-corrected chi connectivity index (χ3v) is 7.20. The molecule has 1 amide bonds. The second-order valence-electron chi connectivity index (χ2n) is 6.22. The molecule has 1 N–H and O–H groups in total. The topological polar surface area (TPSA) is 75.7 Å². The number of ether oxygens (including phenoxy) is 1. The zero-order chi connectivity index (χ0) is 19.3. The van der Waals surface area contributed by atoms with Gasteiger partial charge in [-0.15, -0.1) is 11.3 Å². The first kappa shape index (κ1) is 20.3. The maximum Gasteiger partial charge on any atom is 0.274 e. The number of nitrogens with zero attached hydrogens (tertiary/aromatic N) is 1. The van der Waals surface area contributed by atoms with Gasteiger partial charge in [-0.2, -0.15) is 0 Å². The van der Waals surface area contributed by atoms with Gasteiger partial charge in [0.15, 0.2) is 0 Å². The molecular weight excluding hydrogens is 372 g/mol. The van der Waals surface area contributed by atoms with Crippen LogP contribution in [0.2, 0.25) is 0 Å². The van der Waals surface area contributed by atoms with Crippen molar-refractivity contribution in [1.82, 2.24) is 5.32 Å². The van der Waals surface area contributed by atoms with E-state index < -0.39 is 10.0 Å². The fourth-order valence-electron chi connectivity index (χ4n) is 2.25. The molecule has 0 aliphatic carbocycles. The third-order valence-electron chi connectivity index (χ3n) is 4.07. The maximum atomic E-state index is 13.1. The van der Waals surface area contributed by atoms with Crippen LogP contribution in [0.1, 0.15) is 20.8 Å². The molecule has 1 heterocycles. The predicted octanol–water partition coefficient (Wildman–Crippen LogP) is 3.11. The Morgan fingerprint density at radius 3 is 2.46 bits per heavy atom. The summed E-state index contributed by atoms with van der Waals surface area (Å²) in [6, 6.07) is 9.88. The monoisotopic (exact) mass is 396 g/mol. The molecule has 0 aliphatic heterocycles. The van der Waals surface area contributed by atoms with Gasteiger partial charge in [-0.1, -0.05) is 32.0 Å². The quantitative estimate of drug-likeness (QED) is 0.744. The molecule has 0 bridgehead atoms. The second kappa shape index (κ2) is 8.55. The molecule has 6 nitrogen and oxygen atoms in total. The van der Waals surface area contributed by atoms with Gasteiger partial charge in [0, 0.05) is 6.04 Å². The summed E-state index contributed by atoms with van der Waals surface area (Å²) in [6.07, 6.45) is 0. The molecule has 1 aromatic carbocycles. The van der Waals surface area contributed by atoms with Crippen molar-refractivity contribution in [2.24, 2.45) is 5.92 Å². The van der Waals surface area contributed by atoms with E-state index in [1.54, 1.807) is 35.7 Å². The number of para-hydroxylation sites is 2. The van der Waals surface area contributed by atoms with E-state index in [1.165, 1.54) is 13.2 Å². The van der Waals surface area contributed by atoms with Crippen molar-refractivity contribution in [2.75, 3.05) is 18.0 Å². The molecule has 26 heavy (non-hydrogen) atoms. The number of rotatable bonds is 8. The van der Waals surface area contributed by atoms with E-state index in [9.17, 15) is 13.2 Å². The van der Waals surface area contributed by atoms with E-state index in [-0.39, 0.29) is 28.6 Å². The van der Waals surface area contributed by atoms with Crippen molar-refractivity contribution in [3.05, 3.63) is 41.8 Å². The van der Waals surface area contributed by atoms with Crippen LogP contribution < -0.4 is 14.4 Å². The number of carbonyl (C=O) groups is 1. The molecule has 2 rings (SSSR count). The zero-order valence-corrected chi connectivity index (χ0v) is 16.9. The van der Waals surface area contributed by atoms with E-state index in [1.807, 2.05) is 20.8 Å². The predicted molar refractivity (Wildman–Crippen MR) is 104 cm³/mol. The molecule has 0 radical (unpaired) electrons. The molecule has 1 atom stereocenters. The first-order valence-electron chi connectivity index (χ1n) is 8.26. The van der Waals surface area contributed by atoms with Crippen LogP contribution in [-0.2, 0) is 14.8 Å². The largest absolute Gasteiger partial charge is 0.495 e. The van der Waals surface area contributed by atoms with Crippen molar-refractivity contribution >= 4 is 33.0 Å². The fourth-order valence-corrected chi connectivity index (χ4v) is 4.79.